The van der Waals surface area contributed by atoms with Gasteiger partial charge in [0.1, 0.15) is 11.6 Å². The number of thioether (sulfide) groups is 1. The molecule has 1 aliphatic rings. The molecule has 1 aliphatic heterocycles. The van der Waals surface area contributed by atoms with Crippen molar-refractivity contribution < 1.29 is 9.47 Å². The number of amidine groups is 1. The van der Waals surface area contributed by atoms with Crippen LogP contribution in [0.4, 0.5) is 0 Å². The number of ether oxygens (including phenoxy) is 2. The van der Waals surface area contributed by atoms with Crippen LogP contribution in [0.25, 0.3) is 0 Å². The molecule has 2 unspecified atom stereocenters. The predicted octanol–water partition coefficient (Wildman–Crippen LogP) is 2.25. The SMILES string of the molecule is COc1ccc(C(=N)N)c(SC2CCOC2C)c1. The largest absolute Gasteiger partial charge is 0.497 e. The minimum Gasteiger partial charge on any atom is -0.497 e. The summed E-state index contributed by atoms with van der Waals surface area (Å²) in [6.45, 7) is 2.89. The Kier molecular flexibility index (Phi) is 4.14. The van der Waals surface area contributed by atoms with Crippen LogP contribution in [-0.2, 0) is 4.74 Å². The molecule has 0 saturated carbocycles. The lowest BCUT2D eigenvalue weighted by Gasteiger charge is -2.16. The molecule has 18 heavy (non-hydrogen) atoms. The minimum atomic E-state index is 0.0896. The highest BCUT2D eigenvalue weighted by Gasteiger charge is 2.26. The summed E-state index contributed by atoms with van der Waals surface area (Å²) in [6.07, 6.45) is 1.27. The van der Waals surface area contributed by atoms with E-state index in [9.17, 15) is 0 Å². The molecule has 2 rings (SSSR count). The quantitative estimate of drug-likeness (QED) is 0.648. The maximum atomic E-state index is 7.62. The van der Waals surface area contributed by atoms with Crippen LogP contribution < -0.4 is 10.5 Å². The number of methoxy groups -OCH3 is 1. The van der Waals surface area contributed by atoms with Gasteiger partial charge in [0.2, 0.25) is 0 Å². The molecule has 0 bridgehead atoms. The van der Waals surface area contributed by atoms with E-state index < -0.39 is 0 Å². The van der Waals surface area contributed by atoms with Crippen molar-refractivity contribution in [2.45, 2.75) is 29.6 Å². The number of hydrogen-bond acceptors (Lipinski definition) is 4. The topological polar surface area (TPSA) is 68.3 Å². The number of nitrogens with one attached hydrogen (secondary N) is 1. The van der Waals surface area contributed by atoms with Gasteiger partial charge in [-0.2, -0.15) is 0 Å². The maximum Gasteiger partial charge on any atom is 0.123 e. The minimum absolute atomic E-state index is 0.0896. The molecule has 0 amide bonds. The van der Waals surface area contributed by atoms with Crippen LogP contribution in [0.1, 0.15) is 18.9 Å². The first-order chi connectivity index (χ1) is 8.61. The van der Waals surface area contributed by atoms with Crippen LogP contribution in [0.3, 0.4) is 0 Å². The Hall–Kier alpha value is -1.20. The molecule has 1 aromatic carbocycles. The average molecular weight is 266 g/mol. The van der Waals surface area contributed by atoms with Crippen LogP contribution in [-0.4, -0.2) is 30.9 Å². The lowest BCUT2D eigenvalue weighted by atomic mass is 10.2. The van der Waals surface area contributed by atoms with Gasteiger partial charge < -0.3 is 15.2 Å². The zero-order valence-electron chi connectivity index (χ0n) is 10.6. The summed E-state index contributed by atoms with van der Waals surface area (Å²) in [5, 5.41) is 8.03. The molecule has 3 N–H and O–H groups in total. The lowest BCUT2D eigenvalue weighted by Crippen LogP contribution is -2.16. The number of nitrogen functional groups attached to an aromatic ring is 1. The summed E-state index contributed by atoms with van der Waals surface area (Å²) < 4.78 is 10.8. The normalized spacial score (nSPS) is 23.0. The van der Waals surface area contributed by atoms with E-state index in [-0.39, 0.29) is 11.9 Å². The van der Waals surface area contributed by atoms with Crippen molar-refractivity contribution in [2.24, 2.45) is 5.73 Å². The number of nitrogens with two attached hydrogens (primary N) is 1. The van der Waals surface area contributed by atoms with Gasteiger partial charge in [0, 0.05) is 22.3 Å². The Morgan fingerprint density at radius 2 is 2.33 bits per heavy atom. The predicted molar refractivity (Wildman–Crippen MR) is 73.7 cm³/mol. The molecule has 0 radical (unpaired) electrons. The second kappa shape index (κ2) is 5.63. The summed E-state index contributed by atoms with van der Waals surface area (Å²) >= 11 is 1.72. The maximum absolute atomic E-state index is 7.62. The van der Waals surface area contributed by atoms with Crippen LogP contribution in [0.2, 0.25) is 0 Å². The van der Waals surface area contributed by atoms with Gasteiger partial charge in [-0.1, -0.05) is 0 Å². The second-order valence-electron chi connectivity index (χ2n) is 4.30. The summed E-state index contributed by atoms with van der Waals surface area (Å²) in [5.41, 5.74) is 6.38. The smallest absolute Gasteiger partial charge is 0.123 e. The zero-order chi connectivity index (χ0) is 13.1. The van der Waals surface area contributed by atoms with E-state index in [1.165, 1.54) is 0 Å². The van der Waals surface area contributed by atoms with E-state index in [4.69, 9.17) is 20.6 Å². The van der Waals surface area contributed by atoms with Crippen LogP contribution in [0, 0.1) is 5.41 Å². The first-order valence-electron chi connectivity index (χ1n) is 5.92. The molecule has 0 aromatic heterocycles. The Morgan fingerprint density at radius 3 is 2.89 bits per heavy atom. The van der Waals surface area contributed by atoms with Crippen molar-refractivity contribution in [3.63, 3.8) is 0 Å². The summed E-state index contributed by atoms with van der Waals surface area (Å²) in [6, 6.07) is 5.60. The van der Waals surface area contributed by atoms with Gasteiger partial charge in [-0.3, -0.25) is 5.41 Å². The van der Waals surface area contributed by atoms with Gasteiger partial charge >= 0.3 is 0 Å². The highest BCUT2D eigenvalue weighted by molar-refractivity contribution is 8.00. The first kappa shape index (κ1) is 13.2. The van der Waals surface area contributed by atoms with E-state index in [1.54, 1.807) is 18.9 Å². The Balaban J connectivity index is 2.25. The van der Waals surface area contributed by atoms with Crippen molar-refractivity contribution in [1.82, 2.24) is 0 Å². The van der Waals surface area contributed by atoms with Gasteiger partial charge in [0.15, 0.2) is 0 Å². The Bertz CT molecular complexity index is 451. The van der Waals surface area contributed by atoms with E-state index in [0.717, 1.165) is 29.2 Å². The van der Waals surface area contributed by atoms with Gasteiger partial charge in [0.25, 0.3) is 0 Å². The van der Waals surface area contributed by atoms with Crippen molar-refractivity contribution >= 4 is 17.6 Å². The van der Waals surface area contributed by atoms with Crippen molar-refractivity contribution in [2.75, 3.05) is 13.7 Å². The zero-order valence-corrected chi connectivity index (χ0v) is 11.4. The molecule has 98 valence electrons. The Morgan fingerprint density at radius 1 is 1.56 bits per heavy atom. The van der Waals surface area contributed by atoms with E-state index in [1.807, 2.05) is 18.2 Å². The van der Waals surface area contributed by atoms with Crippen LogP contribution in [0.5, 0.6) is 5.75 Å². The summed E-state index contributed by atoms with van der Waals surface area (Å²) in [5.74, 6) is 0.876. The fourth-order valence-electron chi connectivity index (χ4n) is 1.98. The molecule has 2 atom stereocenters. The molecule has 5 heteroatoms. The van der Waals surface area contributed by atoms with Gasteiger partial charge in [-0.25, -0.2) is 0 Å². The van der Waals surface area contributed by atoms with Gasteiger partial charge in [-0.05, 0) is 31.5 Å². The monoisotopic (exact) mass is 266 g/mol. The highest BCUT2D eigenvalue weighted by Crippen LogP contribution is 2.36. The number of rotatable bonds is 4. The Labute approximate surface area is 111 Å². The van der Waals surface area contributed by atoms with E-state index in [2.05, 4.69) is 6.92 Å². The van der Waals surface area contributed by atoms with Crippen LogP contribution >= 0.6 is 11.8 Å². The molecule has 4 nitrogen and oxygen atoms in total. The van der Waals surface area contributed by atoms with Crippen molar-refractivity contribution in [3.8, 4) is 5.75 Å². The van der Waals surface area contributed by atoms with Crippen molar-refractivity contribution in [1.29, 1.82) is 5.41 Å². The van der Waals surface area contributed by atoms with E-state index in [0.29, 0.717) is 5.25 Å². The van der Waals surface area contributed by atoms with Gasteiger partial charge in [0.05, 0.1) is 13.2 Å². The lowest BCUT2D eigenvalue weighted by molar-refractivity contribution is 0.127. The third kappa shape index (κ3) is 2.79. The molecule has 1 aromatic rings. The number of hydrogen-bond donors (Lipinski definition) is 2. The third-order valence-corrected chi connectivity index (χ3v) is 4.58. The summed E-state index contributed by atoms with van der Waals surface area (Å²) in [7, 11) is 1.64. The molecule has 1 saturated heterocycles. The molecule has 1 heterocycles. The highest BCUT2D eigenvalue weighted by atomic mass is 32.2. The van der Waals surface area contributed by atoms with Crippen LogP contribution in [0.15, 0.2) is 23.1 Å². The second-order valence-corrected chi connectivity index (χ2v) is 5.58. The fourth-order valence-corrected chi connectivity index (χ4v) is 3.28. The van der Waals surface area contributed by atoms with Crippen molar-refractivity contribution in [3.05, 3.63) is 23.8 Å². The first-order valence-corrected chi connectivity index (χ1v) is 6.80. The molecular weight excluding hydrogens is 248 g/mol. The summed E-state index contributed by atoms with van der Waals surface area (Å²) in [4.78, 5) is 0.990. The standard InChI is InChI=1S/C13H18N2O2S/c1-8-11(5-6-17-8)18-12-7-9(16-2)3-4-10(12)13(14)15/h3-4,7-8,11H,5-6H2,1-2H3,(H3,14,15). The molecule has 0 aliphatic carbocycles. The van der Waals surface area contributed by atoms with E-state index >= 15 is 0 Å². The van der Waals surface area contributed by atoms with Gasteiger partial charge in [-0.15, -0.1) is 11.8 Å². The molecule has 1 fully saturated rings. The molecular formula is C13H18N2O2S. The number of benzene rings is 1. The average Bonchev–Trinajstić information content (AvgIpc) is 2.74. The molecule has 0 spiro atoms. The fraction of sp³-hybridized carbons (Fsp3) is 0.462. The third-order valence-electron chi connectivity index (χ3n) is 3.06.